The fraction of sp³-hybridized carbons (Fsp3) is 0.346. The molecule has 0 aliphatic heterocycles. The first-order valence-corrected chi connectivity index (χ1v) is 11.3. The molecule has 0 saturated heterocycles. The summed E-state index contributed by atoms with van der Waals surface area (Å²) in [4.78, 5) is 16.4. The number of carbonyl (C=O) groups excluding carboxylic acids is 1. The highest BCUT2D eigenvalue weighted by molar-refractivity contribution is 5.90. The molecule has 0 fully saturated rings. The number of aromatic nitrogens is 2. The lowest BCUT2D eigenvalue weighted by Crippen LogP contribution is -2.36. The van der Waals surface area contributed by atoms with E-state index in [0.29, 0.717) is 31.4 Å². The van der Waals surface area contributed by atoms with Gasteiger partial charge in [0.2, 0.25) is 5.91 Å². The lowest BCUT2D eigenvalue weighted by Gasteiger charge is -2.15. The summed E-state index contributed by atoms with van der Waals surface area (Å²) in [6.45, 7) is 9.33. The second-order valence-electron chi connectivity index (χ2n) is 8.59. The van der Waals surface area contributed by atoms with Crippen LogP contribution in [0.4, 0.5) is 5.69 Å². The highest BCUT2D eigenvalue weighted by Gasteiger charge is 2.10. The zero-order valence-electron chi connectivity index (χ0n) is 20.1. The van der Waals surface area contributed by atoms with Crippen LogP contribution in [0.3, 0.4) is 0 Å². The fourth-order valence-corrected chi connectivity index (χ4v) is 3.67. The van der Waals surface area contributed by atoms with E-state index in [0.717, 1.165) is 33.9 Å². The van der Waals surface area contributed by atoms with Gasteiger partial charge in [0.1, 0.15) is 0 Å². The first kappa shape index (κ1) is 24.0. The minimum Gasteiger partial charge on any atom is -0.352 e. The number of aryl methyl sites for hydroxylation is 2. The summed E-state index contributed by atoms with van der Waals surface area (Å²) in [5.41, 5.74) is 6.14. The predicted octanol–water partition coefficient (Wildman–Crippen LogP) is 4.34. The van der Waals surface area contributed by atoms with Gasteiger partial charge in [0, 0.05) is 37.9 Å². The molecule has 7 nitrogen and oxygen atoms in total. The predicted molar refractivity (Wildman–Crippen MR) is 135 cm³/mol. The first-order chi connectivity index (χ1) is 15.9. The zero-order chi connectivity index (χ0) is 23.8. The largest absolute Gasteiger partial charge is 0.352 e. The normalized spacial score (nSPS) is 11.5. The van der Waals surface area contributed by atoms with Crippen LogP contribution >= 0.6 is 0 Å². The Morgan fingerprint density at radius 3 is 2.48 bits per heavy atom. The molecule has 0 aliphatic rings. The molecule has 3 N–H and O–H groups in total. The molecule has 0 atom stereocenters. The number of benzene rings is 2. The number of guanidine groups is 1. The molecule has 7 heteroatoms. The van der Waals surface area contributed by atoms with Crippen molar-refractivity contribution < 1.29 is 4.79 Å². The van der Waals surface area contributed by atoms with Crippen molar-refractivity contribution in [2.75, 3.05) is 12.4 Å². The number of hydrogen-bond donors (Lipinski definition) is 3. The minimum absolute atomic E-state index is 0.0360. The topological polar surface area (TPSA) is 83.3 Å². The van der Waals surface area contributed by atoms with Crippen molar-refractivity contribution in [3.8, 4) is 5.69 Å². The molecule has 0 radical (unpaired) electrons. The summed E-state index contributed by atoms with van der Waals surface area (Å²) < 4.78 is 1.97. The fourth-order valence-electron chi connectivity index (χ4n) is 3.67. The Kier molecular flexibility index (Phi) is 8.24. The number of carbonyl (C=O) groups is 1. The Balaban J connectivity index is 1.60. The van der Waals surface area contributed by atoms with E-state index in [1.165, 1.54) is 0 Å². The zero-order valence-corrected chi connectivity index (χ0v) is 20.1. The second-order valence-corrected chi connectivity index (χ2v) is 8.59. The van der Waals surface area contributed by atoms with Gasteiger partial charge < -0.3 is 16.0 Å². The molecule has 0 spiro atoms. The van der Waals surface area contributed by atoms with Crippen LogP contribution in [0.5, 0.6) is 0 Å². The number of para-hydroxylation sites is 1. The average Bonchev–Trinajstić information content (AvgIpc) is 3.11. The molecule has 2 aromatic carbocycles. The SMILES string of the molecule is CN=C(NCc1cccc(NC(=O)CC(C)C)c1)NCc1ccccc1-n1nc(C)cc1C. The Labute approximate surface area is 196 Å². The van der Waals surface area contributed by atoms with Crippen LogP contribution in [0, 0.1) is 19.8 Å². The van der Waals surface area contributed by atoms with E-state index in [1.54, 1.807) is 7.05 Å². The number of aliphatic imine (C=N–C) groups is 1. The number of nitrogens with zero attached hydrogens (tertiary/aromatic N) is 3. The molecule has 1 amide bonds. The summed E-state index contributed by atoms with van der Waals surface area (Å²) >= 11 is 0. The molecule has 1 heterocycles. The molecule has 0 aliphatic carbocycles. The van der Waals surface area contributed by atoms with Crippen molar-refractivity contribution in [1.29, 1.82) is 0 Å². The lowest BCUT2D eigenvalue weighted by atomic mass is 10.1. The van der Waals surface area contributed by atoms with Gasteiger partial charge in [0.05, 0.1) is 11.4 Å². The van der Waals surface area contributed by atoms with E-state index in [-0.39, 0.29) is 5.91 Å². The van der Waals surface area contributed by atoms with E-state index >= 15 is 0 Å². The van der Waals surface area contributed by atoms with E-state index in [1.807, 2.05) is 61.9 Å². The Bertz CT molecular complexity index is 1120. The van der Waals surface area contributed by atoms with Gasteiger partial charge in [-0.25, -0.2) is 4.68 Å². The van der Waals surface area contributed by atoms with Gasteiger partial charge in [-0.1, -0.05) is 44.2 Å². The molecule has 3 rings (SSSR count). The Hall–Kier alpha value is -3.61. The van der Waals surface area contributed by atoms with Gasteiger partial charge in [-0.2, -0.15) is 5.10 Å². The van der Waals surface area contributed by atoms with Crippen LogP contribution in [-0.4, -0.2) is 28.7 Å². The van der Waals surface area contributed by atoms with E-state index in [2.05, 4.69) is 51.2 Å². The standard InChI is InChI=1S/C26H34N6O/c1-18(2)13-25(33)30-23-11-8-9-21(15-23)16-28-26(27-5)29-17-22-10-6-7-12-24(22)32-20(4)14-19(3)31-32/h6-12,14-15,18H,13,16-17H2,1-5H3,(H,30,33)(H2,27,28,29). The number of amides is 1. The van der Waals surface area contributed by atoms with Crippen molar-refractivity contribution in [2.24, 2.45) is 10.9 Å². The number of anilines is 1. The molecule has 33 heavy (non-hydrogen) atoms. The van der Waals surface area contributed by atoms with Gasteiger partial charge in [-0.05, 0) is 55.2 Å². The first-order valence-electron chi connectivity index (χ1n) is 11.3. The molecular weight excluding hydrogens is 412 g/mol. The maximum Gasteiger partial charge on any atom is 0.224 e. The smallest absolute Gasteiger partial charge is 0.224 e. The third-order valence-electron chi connectivity index (χ3n) is 5.16. The second kappa shape index (κ2) is 11.3. The Morgan fingerprint density at radius 1 is 1.03 bits per heavy atom. The Morgan fingerprint density at radius 2 is 1.79 bits per heavy atom. The van der Waals surface area contributed by atoms with Gasteiger partial charge in [-0.3, -0.25) is 9.79 Å². The third kappa shape index (κ3) is 6.94. The van der Waals surface area contributed by atoms with Crippen molar-refractivity contribution in [3.63, 3.8) is 0 Å². The van der Waals surface area contributed by atoms with Crippen LogP contribution in [0.25, 0.3) is 5.69 Å². The summed E-state index contributed by atoms with van der Waals surface area (Å²) in [6, 6.07) is 18.2. The molecule has 174 valence electrons. The van der Waals surface area contributed by atoms with Crippen molar-refractivity contribution in [2.45, 2.75) is 47.2 Å². The highest BCUT2D eigenvalue weighted by atomic mass is 16.1. The lowest BCUT2D eigenvalue weighted by molar-refractivity contribution is -0.116. The molecule has 0 unspecified atom stereocenters. The van der Waals surface area contributed by atoms with Crippen LogP contribution in [0.2, 0.25) is 0 Å². The van der Waals surface area contributed by atoms with Gasteiger partial charge in [-0.15, -0.1) is 0 Å². The van der Waals surface area contributed by atoms with Gasteiger partial charge in [0.15, 0.2) is 5.96 Å². The highest BCUT2D eigenvalue weighted by Crippen LogP contribution is 2.17. The van der Waals surface area contributed by atoms with E-state index in [9.17, 15) is 4.79 Å². The summed E-state index contributed by atoms with van der Waals surface area (Å²) in [6.07, 6.45) is 0.512. The van der Waals surface area contributed by atoms with E-state index in [4.69, 9.17) is 0 Å². The maximum atomic E-state index is 12.1. The van der Waals surface area contributed by atoms with Gasteiger partial charge in [0.25, 0.3) is 0 Å². The third-order valence-corrected chi connectivity index (χ3v) is 5.16. The molecule has 1 aromatic heterocycles. The number of rotatable bonds is 8. The van der Waals surface area contributed by atoms with Crippen molar-refractivity contribution in [1.82, 2.24) is 20.4 Å². The van der Waals surface area contributed by atoms with Crippen molar-refractivity contribution >= 4 is 17.6 Å². The maximum absolute atomic E-state index is 12.1. The molecule has 0 bridgehead atoms. The summed E-state index contributed by atoms with van der Waals surface area (Å²) in [5.74, 6) is 1.07. The number of hydrogen-bond acceptors (Lipinski definition) is 3. The quantitative estimate of drug-likeness (QED) is 0.355. The van der Waals surface area contributed by atoms with Crippen LogP contribution in [-0.2, 0) is 17.9 Å². The average molecular weight is 447 g/mol. The molecule has 3 aromatic rings. The van der Waals surface area contributed by atoms with Crippen LogP contribution in [0.1, 0.15) is 42.8 Å². The van der Waals surface area contributed by atoms with Crippen molar-refractivity contribution in [3.05, 3.63) is 77.1 Å². The summed E-state index contributed by atoms with van der Waals surface area (Å²) in [5, 5.41) is 14.3. The molecule has 0 saturated carbocycles. The monoisotopic (exact) mass is 446 g/mol. The van der Waals surface area contributed by atoms with Crippen LogP contribution < -0.4 is 16.0 Å². The number of nitrogens with one attached hydrogen (secondary N) is 3. The van der Waals surface area contributed by atoms with Crippen LogP contribution in [0.15, 0.2) is 59.6 Å². The minimum atomic E-state index is 0.0360. The molecular formula is C26H34N6O. The van der Waals surface area contributed by atoms with E-state index < -0.39 is 0 Å². The van der Waals surface area contributed by atoms with Gasteiger partial charge >= 0.3 is 0 Å². The summed E-state index contributed by atoms with van der Waals surface area (Å²) in [7, 11) is 1.75.